The summed E-state index contributed by atoms with van der Waals surface area (Å²) in [5.74, 6) is -2.42. The van der Waals surface area contributed by atoms with Gasteiger partial charge in [-0.2, -0.15) is 0 Å². The van der Waals surface area contributed by atoms with Crippen LogP contribution in [0.25, 0.3) is 0 Å². The summed E-state index contributed by atoms with van der Waals surface area (Å²) in [6, 6.07) is -0.567. The fourth-order valence-corrected chi connectivity index (χ4v) is 2.45. The molecule has 7 nitrogen and oxygen atoms in total. The van der Waals surface area contributed by atoms with Gasteiger partial charge in [0.2, 0.25) is 0 Å². The zero-order valence-electron chi connectivity index (χ0n) is 12.8. The second-order valence-electron chi connectivity index (χ2n) is 4.58. The number of rotatable bonds is 6. The van der Waals surface area contributed by atoms with Crippen molar-refractivity contribution in [2.24, 2.45) is 5.92 Å². The number of hydrogen-bond acceptors (Lipinski definition) is 6. The smallest absolute Gasteiger partial charge is 0.410 e. The van der Waals surface area contributed by atoms with E-state index in [9.17, 15) is 14.4 Å². The van der Waals surface area contributed by atoms with Crippen molar-refractivity contribution in [3.8, 4) is 0 Å². The molecule has 0 saturated carbocycles. The first kappa shape index (κ1) is 17.3. The molecule has 7 heteroatoms. The zero-order chi connectivity index (χ0) is 15.8. The molecule has 1 aliphatic rings. The summed E-state index contributed by atoms with van der Waals surface area (Å²) in [7, 11) is 0. The lowest BCUT2D eigenvalue weighted by Gasteiger charge is -2.28. The van der Waals surface area contributed by atoms with Gasteiger partial charge in [-0.05, 0) is 33.6 Å². The molecule has 0 radical (unpaired) electrons. The molecule has 0 aromatic rings. The summed E-state index contributed by atoms with van der Waals surface area (Å²) in [4.78, 5) is 37.5. The van der Waals surface area contributed by atoms with Gasteiger partial charge in [0.05, 0.1) is 25.9 Å². The lowest BCUT2D eigenvalue weighted by atomic mass is 9.97. The highest BCUT2D eigenvalue weighted by molar-refractivity contribution is 5.96. The van der Waals surface area contributed by atoms with Crippen molar-refractivity contribution in [2.75, 3.05) is 26.4 Å². The van der Waals surface area contributed by atoms with E-state index < -0.39 is 30.0 Å². The SMILES string of the molecule is CCOC(=O)C(C(=O)OCC)C1CCCN1C(=O)OCC. The van der Waals surface area contributed by atoms with Crippen molar-refractivity contribution in [1.29, 1.82) is 0 Å². The number of hydrogen-bond donors (Lipinski definition) is 0. The molecule has 1 heterocycles. The van der Waals surface area contributed by atoms with Crippen molar-refractivity contribution in [1.82, 2.24) is 4.90 Å². The third-order valence-electron chi connectivity index (χ3n) is 3.27. The van der Waals surface area contributed by atoms with E-state index in [2.05, 4.69) is 0 Å². The predicted octanol–water partition coefficient (Wildman–Crippen LogP) is 1.35. The van der Waals surface area contributed by atoms with Crippen LogP contribution in [-0.4, -0.2) is 55.3 Å². The highest BCUT2D eigenvalue weighted by Crippen LogP contribution is 2.27. The van der Waals surface area contributed by atoms with Crippen LogP contribution in [0, 0.1) is 5.92 Å². The second kappa shape index (κ2) is 8.49. The molecule has 1 aliphatic heterocycles. The fourth-order valence-electron chi connectivity index (χ4n) is 2.45. The average Bonchev–Trinajstić information content (AvgIpc) is 2.89. The van der Waals surface area contributed by atoms with Crippen LogP contribution < -0.4 is 0 Å². The first-order valence-electron chi connectivity index (χ1n) is 7.33. The molecule has 1 rings (SSSR count). The molecule has 120 valence electrons. The van der Waals surface area contributed by atoms with Gasteiger partial charge in [-0.3, -0.25) is 9.59 Å². The molecule has 1 saturated heterocycles. The van der Waals surface area contributed by atoms with E-state index >= 15 is 0 Å². The van der Waals surface area contributed by atoms with Crippen molar-refractivity contribution in [3.63, 3.8) is 0 Å². The Morgan fingerprint density at radius 3 is 2.00 bits per heavy atom. The van der Waals surface area contributed by atoms with E-state index in [0.29, 0.717) is 19.4 Å². The van der Waals surface area contributed by atoms with Gasteiger partial charge in [0.1, 0.15) is 0 Å². The number of carbonyl (C=O) groups excluding carboxylic acids is 3. The third-order valence-corrected chi connectivity index (χ3v) is 3.27. The van der Waals surface area contributed by atoms with Gasteiger partial charge in [-0.25, -0.2) is 4.79 Å². The standard InChI is InChI=1S/C14H23NO6/c1-4-19-12(16)11(13(17)20-5-2)10-8-7-9-15(10)14(18)21-6-3/h10-11H,4-9H2,1-3H3. The van der Waals surface area contributed by atoms with Gasteiger partial charge >= 0.3 is 18.0 Å². The lowest BCUT2D eigenvalue weighted by Crippen LogP contribution is -2.47. The summed E-state index contributed by atoms with van der Waals surface area (Å²) < 4.78 is 14.9. The van der Waals surface area contributed by atoms with Crippen LogP contribution in [0.3, 0.4) is 0 Å². The molecule has 21 heavy (non-hydrogen) atoms. The molecule has 1 unspecified atom stereocenters. The highest BCUT2D eigenvalue weighted by Gasteiger charge is 2.45. The molecular formula is C14H23NO6. The largest absolute Gasteiger partial charge is 0.465 e. The Balaban J connectivity index is 2.92. The molecule has 0 aromatic carbocycles. The fraction of sp³-hybridized carbons (Fsp3) is 0.786. The maximum absolute atomic E-state index is 12.1. The number of likely N-dealkylation sites (tertiary alicyclic amines) is 1. The Hall–Kier alpha value is -1.79. The van der Waals surface area contributed by atoms with Crippen molar-refractivity contribution in [3.05, 3.63) is 0 Å². The monoisotopic (exact) mass is 301 g/mol. The van der Waals surface area contributed by atoms with Crippen molar-refractivity contribution < 1.29 is 28.6 Å². The number of nitrogens with zero attached hydrogens (tertiary/aromatic N) is 1. The van der Waals surface area contributed by atoms with E-state index in [0.717, 1.165) is 0 Å². The number of amides is 1. The van der Waals surface area contributed by atoms with Gasteiger partial charge in [-0.15, -0.1) is 0 Å². The summed E-state index contributed by atoms with van der Waals surface area (Å²) in [5, 5.41) is 0. The first-order chi connectivity index (χ1) is 10.1. The molecule has 0 spiro atoms. The molecule has 0 aromatic heterocycles. The number of esters is 2. The number of carbonyl (C=O) groups is 3. The van der Waals surface area contributed by atoms with Gasteiger partial charge in [0.25, 0.3) is 0 Å². The summed E-state index contributed by atoms with van der Waals surface area (Å²) in [6.07, 6.45) is 0.735. The van der Waals surface area contributed by atoms with Gasteiger partial charge in [-0.1, -0.05) is 0 Å². The van der Waals surface area contributed by atoms with E-state index in [1.54, 1.807) is 20.8 Å². The van der Waals surface area contributed by atoms with Gasteiger partial charge in [0.15, 0.2) is 5.92 Å². The van der Waals surface area contributed by atoms with Crippen LogP contribution >= 0.6 is 0 Å². The van der Waals surface area contributed by atoms with E-state index in [-0.39, 0.29) is 19.8 Å². The second-order valence-corrected chi connectivity index (χ2v) is 4.58. The van der Waals surface area contributed by atoms with Crippen molar-refractivity contribution >= 4 is 18.0 Å². The Morgan fingerprint density at radius 2 is 1.52 bits per heavy atom. The maximum Gasteiger partial charge on any atom is 0.410 e. The van der Waals surface area contributed by atoms with Crippen molar-refractivity contribution in [2.45, 2.75) is 39.7 Å². The molecule has 1 atom stereocenters. The molecule has 0 N–H and O–H groups in total. The topological polar surface area (TPSA) is 82.1 Å². The maximum atomic E-state index is 12.1. The van der Waals surface area contributed by atoms with Crippen LogP contribution in [0.2, 0.25) is 0 Å². The van der Waals surface area contributed by atoms with Crippen LogP contribution in [0.4, 0.5) is 4.79 Å². The Bertz CT molecular complexity index is 366. The normalized spacial score (nSPS) is 17.7. The quantitative estimate of drug-likeness (QED) is 0.418. The summed E-state index contributed by atoms with van der Waals surface area (Å²) in [6.45, 7) is 6.07. The third kappa shape index (κ3) is 4.34. The Labute approximate surface area is 124 Å². The first-order valence-corrected chi connectivity index (χ1v) is 7.33. The molecule has 1 amide bonds. The Morgan fingerprint density at radius 1 is 1.00 bits per heavy atom. The van der Waals surface area contributed by atoms with E-state index in [1.807, 2.05) is 0 Å². The van der Waals surface area contributed by atoms with Crippen LogP contribution in [0.15, 0.2) is 0 Å². The van der Waals surface area contributed by atoms with Crippen LogP contribution in [0.5, 0.6) is 0 Å². The van der Waals surface area contributed by atoms with Crippen LogP contribution in [0.1, 0.15) is 33.6 Å². The minimum Gasteiger partial charge on any atom is -0.465 e. The molecule has 1 fully saturated rings. The average molecular weight is 301 g/mol. The highest BCUT2D eigenvalue weighted by atomic mass is 16.6. The lowest BCUT2D eigenvalue weighted by molar-refractivity contribution is -0.164. The minimum atomic E-state index is -1.11. The molecular weight excluding hydrogens is 278 g/mol. The molecule has 0 bridgehead atoms. The van der Waals surface area contributed by atoms with Gasteiger partial charge < -0.3 is 19.1 Å². The van der Waals surface area contributed by atoms with E-state index in [4.69, 9.17) is 14.2 Å². The minimum absolute atomic E-state index is 0.168. The molecule has 0 aliphatic carbocycles. The number of ether oxygens (including phenoxy) is 3. The summed E-state index contributed by atoms with van der Waals surface area (Å²) in [5.41, 5.74) is 0. The van der Waals surface area contributed by atoms with Crippen LogP contribution in [-0.2, 0) is 23.8 Å². The van der Waals surface area contributed by atoms with Gasteiger partial charge in [0, 0.05) is 6.54 Å². The summed E-state index contributed by atoms with van der Waals surface area (Å²) >= 11 is 0. The zero-order valence-corrected chi connectivity index (χ0v) is 12.8. The Kier molecular flexibility index (Phi) is 6.98. The van der Waals surface area contributed by atoms with E-state index in [1.165, 1.54) is 4.90 Å². The predicted molar refractivity (Wildman–Crippen MR) is 73.5 cm³/mol.